The second-order valence-electron chi connectivity index (χ2n) is 5.32. The molecule has 19 heavy (non-hydrogen) atoms. The summed E-state index contributed by atoms with van der Waals surface area (Å²) in [4.78, 5) is 4.50. The third-order valence-corrected chi connectivity index (χ3v) is 4.09. The van der Waals surface area contributed by atoms with Crippen molar-refractivity contribution in [2.75, 3.05) is 19.8 Å². The van der Waals surface area contributed by atoms with E-state index in [-0.39, 0.29) is 12.0 Å². The maximum atomic E-state index is 9.61. The number of benzene rings is 1. The molecule has 1 N–H and O–H groups in total. The molecule has 1 saturated carbocycles. The van der Waals surface area contributed by atoms with Crippen molar-refractivity contribution in [1.29, 1.82) is 0 Å². The minimum Gasteiger partial charge on any atom is -0.486 e. The van der Waals surface area contributed by atoms with E-state index in [1.54, 1.807) is 0 Å². The zero-order valence-corrected chi connectivity index (χ0v) is 10.6. The number of aliphatic hydroxyl groups excluding tert-OH is 1. The Morgan fingerprint density at radius 3 is 2.58 bits per heavy atom. The van der Waals surface area contributed by atoms with Gasteiger partial charge < -0.3 is 14.6 Å². The van der Waals surface area contributed by atoms with Crippen molar-refractivity contribution in [3.8, 4) is 11.5 Å². The fourth-order valence-corrected chi connectivity index (χ4v) is 2.75. The van der Waals surface area contributed by atoms with E-state index < -0.39 is 0 Å². The van der Waals surface area contributed by atoms with Gasteiger partial charge in [-0.1, -0.05) is 0 Å². The lowest BCUT2D eigenvalue weighted by Crippen LogP contribution is -2.17. The van der Waals surface area contributed by atoms with Crippen molar-refractivity contribution >= 4 is 10.8 Å². The number of rotatable bonds is 2. The van der Waals surface area contributed by atoms with Crippen LogP contribution in [0.3, 0.4) is 0 Å². The predicted molar refractivity (Wildman–Crippen MR) is 70.7 cm³/mol. The predicted octanol–water partition coefficient (Wildman–Crippen LogP) is 2.03. The molecule has 4 nitrogen and oxygen atoms in total. The molecule has 0 bridgehead atoms. The maximum absolute atomic E-state index is 9.61. The Hall–Kier alpha value is -1.81. The standard InChI is InChI=1S/C15H15NO3/c17-9-15(2-3-15)14-11-8-13-12(18-5-6-19-13)7-10(11)1-4-16-14/h1,4,7-8,17H,2-3,5-6,9H2. The van der Waals surface area contributed by atoms with Crippen molar-refractivity contribution < 1.29 is 14.6 Å². The lowest BCUT2D eigenvalue weighted by atomic mass is 9.97. The third kappa shape index (κ3) is 1.60. The smallest absolute Gasteiger partial charge is 0.162 e. The molecule has 0 saturated heterocycles. The van der Waals surface area contributed by atoms with Gasteiger partial charge in [-0.2, -0.15) is 0 Å². The Morgan fingerprint density at radius 2 is 1.89 bits per heavy atom. The SMILES string of the molecule is OCC1(c2nccc3cc4c(cc23)OCCO4)CC1. The number of aliphatic hydroxyl groups is 1. The molecule has 0 radical (unpaired) electrons. The van der Waals surface area contributed by atoms with Crippen LogP contribution in [0.2, 0.25) is 0 Å². The fraction of sp³-hybridized carbons (Fsp3) is 0.400. The van der Waals surface area contributed by atoms with E-state index in [4.69, 9.17) is 9.47 Å². The summed E-state index contributed by atoms with van der Waals surface area (Å²) in [6, 6.07) is 5.98. The summed E-state index contributed by atoms with van der Waals surface area (Å²) in [5.74, 6) is 1.58. The first-order valence-corrected chi connectivity index (χ1v) is 6.62. The van der Waals surface area contributed by atoms with Crippen LogP contribution in [0.25, 0.3) is 10.8 Å². The van der Waals surface area contributed by atoms with E-state index >= 15 is 0 Å². The molecule has 0 spiro atoms. The molecule has 1 aliphatic carbocycles. The number of aromatic nitrogens is 1. The number of nitrogens with zero attached hydrogens (tertiary/aromatic N) is 1. The second kappa shape index (κ2) is 3.84. The molecule has 1 aliphatic heterocycles. The van der Waals surface area contributed by atoms with Crippen molar-refractivity contribution in [3.63, 3.8) is 0 Å². The number of ether oxygens (including phenoxy) is 2. The molecular weight excluding hydrogens is 242 g/mol. The lowest BCUT2D eigenvalue weighted by Gasteiger charge is -2.20. The summed E-state index contributed by atoms with van der Waals surface area (Å²) in [7, 11) is 0. The fourth-order valence-electron chi connectivity index (χ4n) is 2.75. The lowest BCUT2D eigenvalue weighted by molar-refractivity contribution is 0.172. The van der Waals surface area contributed by atoms with E-state index in [0.29, 0.717) is 13.2 Å². The van der Waals surface area contributed by atoms with Gasteiger partial charge in [0.2, 0.25) is 0 Å². The molecule has 98 valence electrons. The van der Waals surface area contributed by atoms with E-state index in [1.165, 1.54) is 0 Å². The Balaban J connectivity index is 1.95. The molecule has 4 heteroatoms. The van der Waals surface area contributed by atoms with E-state index in [1.807, 2.05) is 24.4 Å². The highest BCUT2D eigenvalue weighted by Gasteiger charge is 2.46. The maximum Gasteiger partial charge on any atom is 0.162 e. The second-order valence-corrected chi connectivity index (χ2v) is 5.32. The summed E-state index contributed by atoms with van der Waals surface area (Å²) >= 11 is 0. The highest BCUT2D eigenvalue weighted by molar-refractivity contribution is 5.89. The number of fused-ring (bicyclic) bond motifs is 2. The average Bonchev–Trinajstić information content (AvgIpc) is 3.25. The third-order valence-electron chi connectivity index (χ3n) is 4.09. The topological polar surface area (TPSA) is 51.6 Å². The van der Waals surface area contributed by atoms with Gasteiger partial charge in [-0.15, -0.1) is 0 Å². The molecule has 2 aliphatic rings. The minimum atomic E-state index is -0.136. The van der Waals surface area contributed by atoms with Crippen LogP contribution in [0.5, 0.6) is 11.5 Å². The van der Waals surface area contributed by atoms with E-state index in [2.05, 4.69) is 4.98 Å². The Kier molecular flexibility index (Phi) is 2.23. The zero-order chi connectivity index (χ0) is 12.9. The van der Waals surface area contributed by atoms with Crippen LogP contribution in [0.4, 0.5) is 0 Å². The Morgan fingerprint density at radius 1 is 1.16 bits per heavy atom. The minimum absolute atomic E-state index is 0.136. The van der Waals surface area contributed by atoms with Crippen LogP contribution in [-0.2, 0) is 5.41 Å². The number of hydrogen-bond acceptors (Lipinski definition) is 4. The molecule has 4 rings (SSSR count). The van der Waals surface area contributed by atoms with Crippen LogP contribution in [-0.4, -0.2) is 29.9 Å². The van der Waals surface area contributed by atoms with Crippen molar-refractivity contribution in [3.05, 3.63) is 30.1 Å². The molecule has 2 aromatic rings. The van der Waals surface area contributed by atoms with Crippen molar-refractivity contribution in [2.45, 2.75) is 18.3 Å². The number of pyridine rings is 1. The van der Waals surface area contributed by atoms with Gasteiger partial charge >= 0.3 is 0 Å². The van der Waals surface area contributed by atoms with Gasteiger partial charge in [0.25, 0.3) is 0 Å². The average molecular weight is 257 g/mol. The largest absolute Gasteiger partial charge is 0.486 e. The Bertz CT molecular complexity index is 649. The van der Waals surface area contributed by atoms with Gasteiger partial charge in [-0.25, -0.2) is 0 Å². The van der Waals surface area contributed by atoms with Gasteiger partial charge in [0.1, 0.15) is 13.2 Å². The summed E-state index contributed by atoms with van der Waals surface area (Å²) in [5.41, 5.74) is 0.855. The normalized spacial score (nSPS) is 19.4. The summed E-state index contributed by atoms with van der Waals surface area (Å²) in [6.07, 6.45) is 3.82. The first-order chi connectivity index (χ1) is 9.32. The number of hydrogen-bond donors (Lipinski definition) is 1. The summed E-state index contributed by atoms with van der Waals surface area (Å²) in [5, 5.41) is 11.8. The highest BCUT2D eigenvalue weighted by Crippen LogP contribution is 2.49. The van der Waals surface area contributed by atoms with Crippen LogP contribution >= 0.6 is 0 Å². The molecular formula is C15H15NO3. The van der Waals surface area contributed by atoms with Gasteiger partial charge in [0.05, 0.1) is 12.3 Å². The highest BCUT2D eigenvalue weighted by atomic mass is 16.6. The van der Waals surface area contributed by atoms with Crippen molar-refractivity contribution in [2.24, 2.45) is 0 Å². The molecule has 1 aromatic heterocycles. The van der Waals surface area contributed by atoms with Gasteiger partial charge in [-0.05, 0) is 36.4 Å². The molecule has 2 heterocycles. The van der Waals surface area contributed by atoms with Crippen LogP contribution in [0.1, 0.15) is 18.5 Å². The van der Waals surface area contributed by atoms with Gasteiger partial charge in [-0.3, -0.25) is 4.98 Å². The first kappa shape index (κ1) is 11.1. The Labute approximate surface area is 111 Å². The zero-order valence-electron chi connectivity index (χ0n) is 10.6. The monoisotopic (exact) mass is 257 g/mol. The van der Waals surface area contributed by atoms with Crippen molar-refractivity contribution in [1.82, 2.24) is 4.98 Å². The van der Waals surface area contributed by atoms with Gasteiger partial charge in [0.15, 0.2) is 11.5 Å². The summed E-state index contributed by atoms with van der Waals surface area (Å²) in [6.45, 7) is 1.34. The molecule has 0 unspecified atom stereocenters. The quantitative estimate of drug-likeness (QED) is 0.894. The van der Waals surface area contributed by atoms with Crippen LogP contribution < -0.4 is 9.47 Å². The molecule has 0 amide bonds. The summed E-state index contributed by atoms with van der Waals surface area (Å²) < 4.78 is 11.2. The van der Waals surface area contributed by atoms with E-state index in [0.717, 1.165) is 40.8 Å². The molecule has 0 atom stereocenters. The van der Waals surface area contributed by atoms with Gasteiger partial charge in [0, 0.05) is 17.0 Å². The molecule has 1 fully saturated rings. The molecule has 1 aromatic carbocycles. The van der Waals surface area contributed by atoms with Crippen LogP contribution in [0, 0.1) is 0 Å². The van der Waals surface area contributed by atoms with Crippen LogP contribution in [0.15, 0.2) is 24.4 Å². The van der Waals surface area contributed by atoms with E-state index in [9.17, 15) is 5.11 Å². The first-order valence-electron chi connectivity index (χ1n) is 6.62.